The molecule has 0 bridgehead atoms. The predicted molar refractivity (Wildman–Crippen MR) is 144 cm³/mol. The van der Waals surface area contributed by atoms with Crippen LogP contribution in [0.5, 0.6) is 0 Å². The summed E-state index contributed by atoms with van der Waals surface area (Å²) in [6.45, 7) is 1.91. The number of carbonyl (C=O) groups excluding carboxylic acids is 2. The third-order valence-electron chi connectivity index (χ3n) is 8.14. The Morgan fingerprint density at radius 3 is 2.71 bits per heavy atom. The number of rotatable bonds is 9. The topological polar surface area (TPSA) is 213 Å². The molecule has 6 rings (SSSR count). The van der Waals surface area contributed by atoms with Gasteiger partial charge in [0.15, 0.2) is 11.5 Å². The van der Waals surface area contributed by atoms with Crippen LogP contribution in [0.4, 0.5) is 5.82 Å². The molecule has 8 atom stereocenters. The first-order chi connectivity index (χ1) is 20.2. The zero-order chi connectivity index (χ0) is 29.6. The zero-order valence-electron chi connectivity index (χ0n) is 22.9. The third kappa shape index (κ3) is 5.49. The standard InChI is InChI=1S/C25H34N7O9P/c1-13-6-14(25(36)30-24(13)35)16-7-15(34)19(39-16)10-38-42(37,31-4-2-3-5-31)41-17-8-20(40-18(17)9-33)32-12-29-21-22(26)27-11-28-23(21)32/h6,11-12,14-20,33-34H,2-5,7-10H2,1H3,(H2,26,27,28)(H,30,35,36)/t14?,15?,16-,17?,18+,19+,20+,42?/m0/s1. The van der Waals surface area contributed by atoms with Crippen LogP contribution < -0.4 is 11.1 Å². The first kappa shape index (κ1) is 29.3. The molecule has 0 aromatic carbocycles. The Kier molecular flexibility index (Phi) is 8.15. The van der Waals surface area contributed by atoms with Crippen molar-refractivity contribution in [3.63, 3.8) is 0 Å². The Bertz CT molecular complexity index is 1430. The molecular formula is C25H34N7O9P. The van der Waals surface area contributed by atoms with E-state index in [0.29, 0.717) is 29.8 Å². The summed E-state index contributed by atoms with van der Waals surface area (Å²) in [5.74, 6) is -1.49. The maximum absolute atomic E-state index is 14.3. The van der Waals surface area contributed by atoms with Gasteiger partial charge >= 0.3 is 7.75 Å². The number of aromatic nitrogens is 4. The van der Waals surface area contributed by atoms with Crippen LogP contribution in [0.15, 0.2) is 24.3 Å². The molecule has 0 spiro atoms. The number of ether oxygens (including phenoxy) is 2. The van der Waals surface area contributed by atoms with Gasteiger partial charge in [0, 0.05) is 31.5 Å². The second-order valence-electron chi connectivity index (χ2n) is 10.9. The summed E-state index contributed by atoms with van der Waals surface area (Å²) in [7, 11) is -3.94. The normalized spacial score (nSPS) is 33.7. The van der Waals surface area contributed by atoms with Gasteiger partial charge in [0.2, 0.25) is 5.91 Å². The number of amides is 2. The Morgan fingerprint density at radius 1 is 1.17 bits per heavy atom. The Balaban J connectivity index is 1.16. The number of nitrogen functional groups attached to an aromatic ring is 1. The van der Waals surface area contributed by atoms with E-state index >= 15 is 0 Å². The molecule has 3 saturated heterocycles. The minimum atomic E-state index is -3.94. The van der Waals surface area contributed by atoms with Crippen molar-refractivity contribution in [1.82, 2.24) is 29.5 Å². The summed E-state index contributed by atoms with van der Waals surface area (Å²) < 4.78 is 41.7. The maximum Gasteiger partial charge on any atom is 0.408 e. The molecule has 0 aliphatic carbocycles. The summed E-state index contributed by atoms with van der Waals surface area (Å²) >= 11 is 0. The van der Waals surface area contributed by atoms with Crippen molar-refractivity contribution in [1.29, 1.82) is 0 Å². The van der Waals surface area contributed by atoms with E-state index in [1.54, 1.807) is 16.2 Å². The molecule has 3 fully saturated rings. The van der Waals surface area contributed by atoms with Gasteiger partial charge in [0.25, 0.3) is 5.91 Å². The van der Waals surface area contributed by atoms with Crippen LogP contribution in [0.25, 0.3) is 11.2 Å². The number of imidazole rings is 1. The van der Waals surface area contributed by atoms with E-state index in [2.05, 4.69) is 20.3 Å². The van der Waals surface area contributed by atoms with Crippen LogP contribution in [0.1, 0.15) is 38.8 Å². The lowest BCUT2D eigenvalue weighted by atomic mass is 9.93. The van der Waals surface area contributed by atoms with Crippen LogP contribution in [-0.4, -0.2) is 103 Å². The van der Waals surface area contributed by atoms with Gasteiger partial charge in [-0.2, -0.15) is 0 Å². The molecule has 17 heteroatoms. The van der Waals surface area contributed by atoms with E-state index in [-0.39, 0.29) is 25.3 Å². The molecule has 0 saturated carbocycles. The molecule has 228 valence electrons. The van der Waals surface area contributed by atoms with Gasteiger partial charge in [0.05, 0.1) is 37.7 Å². The number of hydrogen-bond donors (Lipinski definition) is 4. The van der Waals surface area contributed by atoms with Gasteiger partial charge < -0.3 is 25.4 Å². The number of nitrogens with zero attached hydrogens (tertiary/aromatic N) is 5. The number of fused-ring (bicyclic) bond motifs is 1. The summed E-state index contributed by atoms with van der Waals surface area (Å²) in [6.07, 6.45) is 1.52. The van der Waals surface area contributed by atoms with Gasteiger partial charge in [-0.25, -0.2) is 24.2 Å². The van der Waals surface area contributed by atoms with Gasteiger partial charge in [-0.05, 0) is 19.8 Å². The Labute approximate surface area is 240 Å². The molecule has 2 aromatic heterocycles. The van der Waals surface area contributed by atoms with Crippen molar-refractivity contribution in [2.24, 2.45) is 5.92 Å². The second kappa shape index (κ2) is 11.7. The average Bonchev–Trinajstić information content (AvgIpc) is 3.76. The monoisotopic (exact) mass is 607 g/mol. The van der Waals surface area contributed by atoms with Gasteiger partial charge in [-0.15, -0.1) is 0 Å². The number of aliphatic hydroxyl groups excluding tert-OH is 2. The molecule has 4 aliphatic heterocycles. The predicted octanol–water partition coefficient (Wildman–Crippen LogP) is 0.0313. The molecule has 5 N–H and O–H groups in total. The lowest BCUT2D eigenvalue weighted by Crippen LogP contribution is -2.44. The number of nitrogens with one attached hydrogen (secondary N) is 1. The van der Waals surface area contributed by atoms with E-state index < -0.39 is 68.8 Å². The number of imide groups is 1. The van der Waals surface area contributed by atoms with Crippen LogP contribution >= 0.6 is 7.75 Å². The maximum atomic E-state index is 14.3. The van der Waals surface area contributed by atoms with Crippen molar-refractivity contribution in [3.8, 4) is 0 Å². The van der Waals surface area contributed by atoms with E-state index in [0.717, 1.165) is 12.8 Å². The molecule has 42 heavy (non-hydrogen) atoms. The highest BCUT2D eigenvalue weighted by atomic mass is 31.2. The Hall–Kier alpha value is -2.82. The van der Waals surface area contributed by atoms with Crippen LogP contribution in [0.3, 0.4) is 0 Å². The van der Waals surface area contributed by atoms with Crippen molar-refractivity contribution >= 4 is 36.5 Å². The fourth-order valence-electron chi connectivity index (χ4n) is 5.82. The van der Waals surface area contributed by atoms with E-state index in [9.17, 15) is 24.4 Å². The molecule has 4 unspecified atom stereocenters. The minimum absolute atomic E-state index is 0.136. The van der Waals surface area contributed by atoms with Gasteiger partial charge in [-0.3, -0.25) is 28.5 Å². The Morgan fingerprint density at radius 2 is 1.95 bits per heavy atom. The van der Waals surface area contributed by atoms with Crippen molar-refractivity contribution < 1.29 is 42.9 Å². The summed E-state index contributed by atoms with van der Waals surface area (Å²) in [5.41, 5.74) is 7.16. The van der Waals surface area contributed by atoms with E-state index in [1.165, 1.54) is 18.7 Å². The van der Waals surface area contributed by atoms with Crippen molar-refractivity contribution in [2.75, 3.05) is 32.0 Å². The molecule has 0 radical (unpaired) electrons. The highest BCUT2D eigenvalue weighted by Crippen LogP contribution is 2.57. The average molecular weight is 608 g/mol. The number of hydrogen-bond acceptors (Lipinski definition) is 13. The molecule has 16 nitrogen and oxygen atoms in total. The molecular weight excluding hydrogens is 573 g/mol. The van der Waals surface area contributed by atoms with Gasteiger partial charge in [0.1, 0.15) is 36.4 Å². The minimum Gasteiger partial charge on any atom is -0.394 e. The largest absolute Gasteiger partial charge is 0.408 e. The first-order valence-electron chi connectivity index (χ1n) is 13.9. The SMILES string of the molecule is CC1=CC([C@@H]2CC(O)[C@@H](COP(=O)(OC3C[C@H](n4cnc5c(N)ncnc54)O[C@@H]3CO)N3CCCC3)O2)C(=O)NC1=O. The molecule has 2 aromatic rings. The summed E-state index contributed by atoms with van der Waals surface area (Å²) in [4.78, 5) is 36.6. The third-order valence-corrected chi connectivity index (χ3v) is 10.2. The highest BCUT2D eigenvalue weighted by molar-refractivity contribution is 7.51. The summed E-state index contributed by atoms with van der Waals surface area (Å²) in [6, 6.07) is 0. The number of anilines is 1. The lowest BCUT2D eigenvalue weighted by Gasteiger charge is -2.31. The van der Waals surface area contributed by atoms with Crippen molar-refractivity contribution in [3.05, 3.63) is 24.3 Å². The number of nitrogens with two attached hydrogens (primary N) is 1. The first-order valence-corrected chi connectivity index (χ1v) is 15.4. The zero-order valence-corrected chi connectivity index (χ0v) is 23.8. The summed E-state index contributed by atoms with van der Waals surface area (Å²) in [5, 5.41) is 23.1. The fraction of sp³-hybridized carbons (Fsp3) is 0.640. The fourth-order valence-corrected chi connectivity index (χ4v) is 7.85. The molecule has 2 amide bonds. The van der Waals surface area contributed by atoms with Crippen molar-refractivity contribution in [2.45, 2.75) is 69.4 Å². The van der Waals surface area contributed by atoms with E-state index in [1.807, 2.05) is 0 Å². The van der Waals surface area contributed by atoms with Gasteiger partial charge in [-0.1, -0.05) is 6.08 Å². The molecule has 4 aliphatic rings. The number of aliphatic hydroxyl groups is 2. The van der Waals surface area contributed by atoms with Crippen LogP contribution in [0, 0.1) is 5.92 Å². The lowest BCUT2D eigenvalue weighted by molar-refractivity contribution is -0.134. The molecule has 6 heterocycles. The highest BCUT2D eigenvalue weighted by Gasteiger charge is 2.47. The van der Waals surface area contributed by atoms with Crippen LogP contribution in [0.2, 0.25) is 0 Å². The second-order valence-corrected chi connectivity index (χ2v) is 12.9. The van der Waals surface area contributed by atoms with E-state index in [4.69, 9.17) is 24.3 Å². The van der Waals surface area contributed by atoms with Crippen LogP contribution in [-0.2, 0) is 32.7 Å². The quantitative estimate of drug-likeness (QED) is 0.219. The smallest absolute Gasteiger partial charge is 0.394 e. The number of carbonyl (C=O) groups is 2.